The Morgan fingerprint density at radius 1 is 0.967 bits per heavy atom. The molecule has 0 unspecified atom stereocenters. The average Bonchev–Trinajstić information content (AvgIpc) is 2.80. The zero-order valence-corrected chi connectivity index (χ0v) is 17.4. The molecule has 3 aromatic rings. The molecule has 0 atom stereocenters. The Kier molecular flexibility index (Phi) is 7.66. The van der Waals surface area contributed by atoms with E-state index in [0.717, 1.165) is 29.1 Å². The number of nitrogens with one attached hydrogen (secondary N) is 3. The van der Waals surface area contributed by atoms with Crippen LogP contribution in [0.5, 0.6) is 5.75 Å². The van der Waals surface area contributed by atoms with Crippen LogP contribution < -0.4 is 20.7 Å². The van der Waals surface area contributed by atoms with Gasteiger partial charge in [0.2, 0.25) is 0 Å². The van der Waals surface area contributed by atoms with E-state index in [2.05, 4.69) is 39.1 Å². The van der Waals surface area contributed by atoms with Crippen molar-refractivity contribution < 1.29 is 9.53 Å². The number of hydrogen-bond acceptors (Lipinski definition) is 3. The summed E-state index contributed by atoms with van der Waals surface area (Å²) < 4.78 is 5.95. The molecule has 0 spiro atoms. The van der Waals surface area contributed by atoms with Gasteiger partial charge in [-0.15, -0.1) is 0 Å². The molecule has 3 aromatic carbocycles. The van der Waals surface area contributed by atoms with Crippen LogP contribution >= 0.6 is 0 Å². The number of amides is 1. The molecule has 3 N–H and O–H groups in total. The molecule has 0 aliphatic rings. The van der Waals surface area contributed by atoms with Crippen LogP contribution in [0.15, 0.2) is 71.7 Å². The van der Waals surface area contributed by atoms with Gasteiger partial charge in [-0.25, -0.2) is 0 Å². The molecule has 0 saturated carbocycles. The Balaban J connectivity index is 1.42. The van der Waals surface area contributed by atoms with E-state index in [1.807, 2.05) is 48.5 Å². The number of fused-ring (bicyclic) bond motifs is 1. The van der Waals surface area contributed by atoms with E-state index in [1.165, 1.54) is 5.39 Å². The topological polar surface area (TPSA) is 74.8 Å². The van der Waals surface area contributed by atoms with Crippen molar-refractivity contribution in [2.75, 3.05) is 33.8 Å². The summed E-state index contributed by atoms with van der Waals surface area (Å²) in [4.78, 5) is 16.0. The van der Waals surface area contributed by atoms with E-state index in [-0.39, 0.29) is 5.91 Å². The summed E-state index contributed by atoms with van der Waals surface area (Å²) in [5.74, 6) is 1.53. The smallest absolute Gasteiger partial charge is 0.251 e. The minimum atomic E-state index is -0.0755. The highest BCUT2D eigenvalue weighted by Gasteiger charge is 2.05. The van der Waals surface area contributed by atoms with Crippen molar-refractivity contribution >= 4 is 22.6 Å². The molecule has 1 amide bonds. The van der Waals surface area contributed by atoms with E-state index in [0.29, 0.717) is 25.3 Å². The first kappa shape index (κ1) is 21.2. The van der Waals surface area contributed by atoms with Crippen LogP contribution in [0.3, 0.4) is 0 Å². The van der Waals surface area contributed by atoms with E-state index in [1.54, 1.807) is 14.1 Å². The van der Waals surface area contributed by atoms with Crippen molar-refractivity contribution in [3.05, 3.63) is 77.9 Å². The molecule has 30 heavy (non-hydrogen) atoms. The Hall–Kier alpha value is -3.54. The molecular formula is C24H28N4O2. The standard InChI is InChI=1S/C24H28N4O2/c1-25-23(29)20-10-5-7-18(17-20)13-14-27-24(26-2)28-15-16-30-22-12-6-9-19-8-3-4-11-21(19)22/h3-12,17H,13-16H2,1-2H3,(H,25,29)(H2,26,27,28). The molecular weight excluding hydrogens is 376 g/mol. The summed E-state index contributed by atoms with van der Waals surface area (Å²) in [5, 5.41) is 11.5. The predicted molar refractivity (Wildman–Crippen MR) is 122 cm³/mol. The van der Waals surface area contributed by atoms with Crippen LogP contribution in [0.1, 0.15) is 15.9 Å². The van der Waals surface area contributed by atoms with Gasteiger partial charge >= 0.3 is 0 Å². The maximum Gasteiger partial charge on any atom is 0.251 e. The molecule has 0 bridgehead atoms. The molecule has 0 saturated heterocycles. The van der Waals surface area contributed by atoms with Crippen molar-refractivity contribution in [1.82, 2.24) is 16.0 Å². The lowest BCUT2D eigenvalue weighted by Crippen LogP contribution is -2.40. The van der Waals surface area contributed by atoms with E-state index < -0.39 is 0 Å². The highest BCUT2D eigenvalue weighted by atomic mass is 16.5. The van der Waals surface area contributed by atoms with Gasteiger partial charge in [-0.2, -0.15) is 0 Å². The summed E-state index contributed by atoms with van der Waals surface area (Å²) >= 11 is 0. The fourth-order valence-corrected chi connectivity index (χ4v) is 3.21. The second-order valence-corrected chi connectivity index (χ2v) is 6.78. The van der Waals surface area contributed by atoms with Gasteiger partial charge in [-0.1, -0.05) is 48.5 Å². The minimum absolute atomic E-state index is 0.0755. The predicted octanol–water partition coefficient (Wildman–Crippen LogP) is 2.99. The highest BCUT2D eigenvalue weighted by Crippen LogP contribution is 2.24. The lowest BCUT2D eigenvalue weighted by molar-refractivity contribution is 0.0963. The summed E-state index contributed by atoms with van der Waals surface area (Å²) in [6.45, 7) is 1.87. The van der Waals surface area contributed by atoms with Crippen LogP contribution in [0.25, 0.3) is 10.8 Å². The van der Waals surface area contributed by atoms with Gasteiger partial charge in [-0.05, 0) is 35.6 Å². The molecule has 0 fully saturated rings. The Bertz CT molecular complexity index is 1010. The average molecular weight is 405 g/mol. The Morgan fingerprint density at radius 2 is 1.73 bits per heavy atom. The normalized spacial score (nSPS) is 11.2. The molecule has 0 radical (unpaired) electrons. The number of ether oxygens (including phenoxy) is 1. The fraction of sp³-hybridized carbons (Fsp3) is 0.250. The third-order valence-corrected chi connectivity index (χ3v) is 4.75. The van der Waals surface area contributed by atoms with Gasteiger partial charge in [0, 0.05) is 31.6 Å². The van der Waals surface area contributed by atoms with Gasteiger partial charge in [0.25, 0.3) is 5.91 Å². The van der Waals surface area contributed by atoms with Crippen molar-refractivity contribution in [2.24, 2.45) is 4.99 Å². The van der Waals surface area contributed by atoms with Gasteiger partial charge in [0.15, 0.2) is 5.96 Å². The van der Waals surface area contributed by atoms with Crippen LogP contribution in [-0.2, 0) is 6.42 Å². The minimum Gasteiger partial charge on any atom is -0.491 e. The number of nitrogens with zero attached hydrogens (tertiary/aromatic N) is 1. The number of hydrogen-bond donors (Lipinski definition) is 3. The molecule has 156 valence electrons. The van der Waals surface area contributed by atoms with E-state index >= 15 is 0 Å². The van der Waals surface area contributed by atoms with Crippen molar-refractivity contribution in [2.45, 2.75) is 6.42 Å². The Morgan fingerprint density at radius 3 is 2.57 bits per heavy atom. The number of guanidine groups is 1. The summed E-state index contributed by atoms with van der Waals surface area (Å²) in [5.41, 5.74) is 1.77. The number of carbonyl (C=O) groups excluding carboxylic acids is 1. The lowest BCUT2D eigenvalue weighted by Gasteiger charge is -2.13. The van der Waals surface area contributed by atoms with Gasteiger partial charge < -0.3 is 20.7 Å². The van der Waals surface area contributed by atoms with Gasteiger partial charge in [0.05, 0.1) is 6.54 Å². The maximum absolute atomic E-state index is 11.7. The Labute approximate surface area is 177 Å². The third kappa shape index (κ3) is 5.73. The molecule has 0 aliphatic heterocycles. The first-order valence-electron chi connectivity index (χ1n) is 10.1. The number of aliphatic imine (C=N–C) groups is 1. The summed E-state index contributed by atoms with van der Waals surface area (Å²) in [6, 6.07) is 21.9. The number of rotatable bonds is 8. The second-order valence-electron chi connectivity index (χ2n) is 6.78. The zero-order valence-electron chi connectivity index (χ0n) is 17.4. The summed E-state index contributed by atoms with van der Waals surface area (Å²) in [7, 11) is 3.38. The van der Waals surface area contributed by atoms with Crippen LogP contribution in [0, 0.1) is 0 Å². The first-order valence-corrected chi connectivity index (χ1v) is 10.1. The van der Waals surface area contributed by atoms with E-state index in [4.69, 9.17) is 4.74 Å². The number of carbonyl (C=O) groups is 1. The van der Waals surface area contributed by atoms with Gasteiger partial charge in [-0.3, -0.25) is 9.79 Å². The molecule has 6 nitrogen and oxygen atoms in total. The molecule has 0 heterocycles. The van der Waals surface area contributed by atoms with Crippen molar-refractivity contribution in [3.8, 4) is 5.75 Å². The van der Waals surface area contributed by atoms with Crippen molar-refractivity contribution in [1.29, 1.82) is 0 Å². The molecule has 0 aliphatic carbocycles. The van der Waals surface area contributed by atoms with Crippen LogP contribution in [0.2, 0.25) is 0 Å². The number of benzene rings is 3. The van der Waals surface area contributed by atoms with Gasteiger partial charge in [0.1, 0.15) is 12.4 Å². The molecule has 6 heteroatoms. The third-order valence-electron chi connectivity index (χ3n) is 4.75. The second kappa shape index (κ2) is 10.9. The monoisotopic (exact) mass is 404 g/mol. The van der Waals surface area contributed by atoms with E-state index in [9.17, 15) is 4.79 Å². The maximum atomic E-state index is 11.7. The van der Waals surface area contributed by atoms with Crippen LogP contribution in [0.4, 0.5) is 0 Å². The van der Waals surface area contributed by atoms with Crippen molar-refractivity contribution in [3.63, 3.8) is 0 Å². The fourth-order valence-electron chi connectivity index (χ4n) is 3.21. The largest absolute Gasteiger partial charge is 0.491 e. The summed E-state index contributed by atoms with van der Waals surface area (Å²) in [6.07, 6.45) is 0.790. The first-order chi connectivity index (χ1) is 14.7. The zero-order chi connectivity index (χ0) is 21.2. The quantitative estimate of drug-likeness (QED) is 0.307. The molecule has 3 rings (SSSR count). The molecule has 0 aromatic heterocycles. The van der Waals surface area contributed by atoms with Crippen LogP contribution in [-0.4, -0.2) is 45.7 Å². The SMILES string of the molecule is CN=C(NCCOc1cccc2ccccc12)NCCc1cccc(C(=O)NC)c1. The highest BCUT2D eigenvalue weighted by molar-refractivity contribution is 5.94. The lowest BCUT2D eigenvalue weighted by atomic mass is 10.1.